The van der Waals surface area contributed by atoms with Gasteiger partial charge in [0, 0.05) is 24.2 Å². The third-order valence-corrected chi connectivity index (χ3v) is 4.35. The number of halogens is 1. The van der Waals surface area contributed by atoms with Gasteiger partial charge in [-0.1, -0.05) is 0 Å². The Kier molecular flexibility index (Phi) is 5.49. The molecule has 1 aliphatic rings. The topological polar surface area (TPSA) is 72.9 Å². The number of carbonyl (C=O) groups is 3. The number of ether oxygens (including phenoxy) is 2. The number of benzene rings is 2. The number of Topliss-reactive ketones (excluding diaryl/α,β-unsaturated/α-hetero) is 1. The lowest BCUT2D eigenvalue weighted by molar-refractivity contribution is -0.147. The van der Waals surface area contributed by atoms with Gasteiger partial charge in [0.2, 0.25) is 5.91 Å². The summed E-state index contributed by atoms with van der Waals surface area (Å²) in [6.45, 7) is -0.258. The molecular formula is C20H18FNO5. The predicted octanol–water partition coefficient (Wildman–Crippen LogP) is 2.61. The van der Waals surface area contributed by atoms with Crippen LogP contribution in [0.3, 0.4) is 0 Å². The first kappa shape index (κ1) is 18.6. The number of rotatable bonds is 6. The zero-order valence-electron chi connectivity index (χ0n) is 14.7. The molecule has 1 atom stereocenters. The van der Waals surface area contributed by atoms with E-state index in [1.807, 2.05) is 0 Å². The van der Waals surface area contributed by atoms with E-state index in [0.717, 1.165) is 12.1 Å². The molecule has 1 heterocycles. The zero-order chi connectivity index (χ0) is 19.4. The molecule has 3 rings (SSSR count). The molecule has 0 spiro atoms. The minimum atomic E-state index is -0.638. The SMILES string of the molecule is COc1ccc(N2C[C@@H](C(=O)OCC(=O)c3ccc(F)cc3)CC2=O)cc1. The molecule has 0 aliphatic carbocycles. The van der Waals surface area contributed by atoms with Gasteiger partial charge in [0.15, 0.2) is 12.4 Å². The number of methoxy groups -OCH3 is 1. The number of esters is 1. The van der Waals surface area contributed by atoms with Crippen LogP contribution in [0.15, 0.2) is 48.5 Å². The third-order valence-electron chi connectivity index (χ3n) is 4.35. The Morgan fingerprint density at radius 1 is 1.11 bits per heavy atom. The van der Waals surface area contributed by atoms with Crippen molar-refractivity contribution in [3.8, 4) is 5.75 Å². The van der Waals surface area contributed by atoms with E-state index in [2.05, 4.69) is 0 Å². The van der Waals surface area contributed by atoms with Gasteiger partial charge in [-0.15, -0.1) is 0 Å². The lowest BCUT2D eigenvalue weighted by atomic mass is 10.1. The second-order valence-electron chi connectivity index (χ2n) is 6.14. The maximum absolute atomic E-state index is 12.9. The second-order valence-corrected chi connectivity index (χ2v) is 6.14. The van der Waals surface area contributed by atoms with E-state index < -0.39 is 30.1 Å². The molecule has 0 bridgehead atoms. The van der Waals surface area contributed by atoms with Gasteiger partial charge in [-0.25, -0.2) is 4.39 Å². The van der Waals surface area contributed by atoms with E-state index in [-0.39, 0.29) is 24.4 Å². The quantitative estimate of drug-likeness (QED) is 0.577. The summed E-state index contributed by atoms with van der Waals surface area (Å²) in [4.78, 5) is 37.9. The summed E-state index contributed by atoms with van der Waals surface area (Å²) < 4.78 is 23.0. The molecule has 0 saturated carbocycles. The van der Waals surface area contributed by atoms with Gasteiger partial charge >= 0.3 is 5.97 Å². The molecule has 0 unspecified atom stereocenters. The highest BCUT2D eigenvalue weighted by atomic mass is 19.1. The van der Waals surface area contributed by atoms with Crippen LogP contribution < -0.4 is 9.64 Å². The molecular weight excluding hydrogens is 353 g/mol. The molecule has 1 amide bonds. The molecule has 0 aromatic heterocycles. The minimum Gasteiger partial charge on any atom is -0.497 e. The second kappa shape index (κ2) is 7.99. The molecule has 27 heavy (non-hydrogen) atoms. The smallest absolute Gasteiger partial charge is 0.311 e. The molecule has 1 saturated heterocycles. The van der Waals surface area contributed by atoms with Crippen molar-refractivity contribution in [2.45, 2.75) is 6.42 Å². The van der Waals surface area contributed by atoms with Crippen molar-refractivity contribution >= 4 is 23.3 Å². The van der Waals surface area contributed by atoms with Crippen LogP contribution >= 0.6 is 0 Å². The van der Waals surface area contributed by atoms with Crippen molar-refractivity contribution in [2.24, 2.45) is 5.92 Å². The van der Waals surface area contributed by atoms with Gasteiger partial charge in [-0.2, -0.15) is 0 Å². The van der Waals surface area contributed by atoms with Crippen molar-refractivity contribution in [2.75, 3.05) is 25.2 Å². The van der Waals surface area contributed by atoms with Crippen LogP contribution in [0.2, 0.25) is 0 Å². The minimum absolute atomic E-state index is 0.0234. The number of anilines is 1. The van der Waals surface area contributed by atoms with Crippen molar-refractivity contribution in [3.05, 3.63) is 59.9 Å². The largest absolute Gasteiger partial charge is 0.497 e. The Bertz CT molecular complexity index is 848. The van der Waals surface area contributed by atoms with Crippen LogP contribution in [0.5, 0.6) is 5.75 Å². The van der Waals surface area contributed by atoms with Crippen LogP contribution in [-0.4, -0.2) is 37.9 Å². The first-order valence-corrected chi connectivity index (χ1v) is 8.37. The van der Waals surface area contributed by atoms with Gasteiger partial charge in [-0.05, 0) is 48.5 Å². The summed E-state index contributed by atoms with van der Waals surface area (Å²) in [6, 6.07) is 11.9. The number of amides is 1. The first-order chi connectivity index (χ1) is 13.0. The van der Waals surface area contributed by atoms with Crippen LogP contribution in [-0.2, 0) is 14.3 Å². The van der Waals surface area contributed by atoms with Crippen LogP contribution in [0, 0.1) is 11.7 Å². The number of hydrogen-bond donors (Lipinski definition) is 0. The highest BCUT2D eigenvalue weighted by Gasteiger charge is 2.36. The number of hydrogen-bond acceptors (Lipinski definition) is 5. The summed E-state index contributed by atoms with van der Waals surface area (Å²) in [5.74, 6) is -1.64. The van der Waals surface area contributed by atoms with Crippen molar-refractivity contribution < 1.29 is 28.2 Å². The fourth-order valence-corrected chi connectivity index (χ4v) is 2.85. The Morgan fingerprint density at radius 3 is 2.41 bits per heavy atom. The standard InChI is InChI=1S/C20H18FNO5/c1-26-17-8-6-16(7-9-17)22-11-14(10-19(22)24)20(25)27-12-18(23)13-2-4-15(21)5-3-13/h2-9,14H,10-12H2,1H3/t14-/m0/s1. The molecule has 0 radical (unpaired) electrons. The number of ketones is 1. The normalized spacial score (nSPS) is 16.3. The molecule has 7 heteroatoms. The van der Waals surface area contributed by atoms with Crippen molar-refractivity contribution in [3.63, 3.8) is 0 Å². The summed E-state index contributed by atoms with van der Waals surface area (Å²) in [7, 11) is 1.55. The lowest BCUT2D eigenvalue weighted by Crippen LogP contribution is -2.27. The van der Waals surface area contributed by atoms with E-state index >= 15 is 0 Å². The summed E-state index contributed by atoms with van der Waals surface area (Å²) in [6.07, 6.45) is 0.0234. The summed E-state index contributed by atoms with van der Waals surface area (Å²) >= 11 is 0. The van der Waals surface area contributed by atoms with E-state index in [9.17, 15) is 18.8 Å². The third kappa shape index (κ3) is 4.31. The van der Waals surface area contributed by atoms with Crippen LogP contribution in [0.1, 0.15) is 16.8 Å². The van der Waals surface area contributed by atoms with Gasteiger partial charge in [-0.3, -0.25) is 14.4 Å². The zero-order valence-corrected chi connectivity index (χ0v) is 14.7. The van der Waals surface area contributed by atoms with E-state index in [0.29, 0.717) is 11.4 Å². The molecule has 2 aromatic rings. The molecule has 0 N–H and O–H groups in total. The van der Waals surface area contributed by atoms with Crippen molar-refractivity contribution in [1.29, 1.82) is 0 Å². The Hall–Kier alpha value is -3.22. The van der Waals surface area contributed by atoms with Gasteiger partial charge in [0.25, 0.3) is 0 Å². The highest BCUT2D eigenvalue weighted by Crippen LogP contribution is 2.27. The maximum Gasteiger partial charge on any atom is 0.311 e. The molecule has 2 aromatic carbocycles. The Morgan fingerprint density at radius 2 is 1.78 bits per heavy atom. The molecule has 1 fully saturated rings. The van der Waals surface area contributed by atoms with E-state index in [1.54, 1.807) is 31.4 Å². The molecule has 1 aliphatic heterocycles. The van der Waals surface area contributed by atoms with Crippen LogP contribution in [0.4, 0.5) is 10.1 Å². The molecule has 6 nitrogen and oxygen atoms in total. The first-order valence-electron chi connectivity index (χ1n) is 8.37. The van der Waals surface area contributed by atoms with Gasteiger partial charge in [0.05, 0.1) is 13.0 Å². The average molecular weight is 371 g/mol. The predicted molar refractivity (Wildman–Crippen MR) is 95.1 cm³/mol. The summed E-state index contributed by atoms with van der Waals surface area (Å²) in [5.41, 5.74) is 0.921. The van der Waals surface area contributed by atoms with Gasteiger partial charge in [0.1, 0.15) is 11.6 Å². The monoisotopic (exact) mass is 371 g/mol. The lowest BCUT2D eigenvalue weighted by Gasteiger charge is -2.16. The summed E-state index contributed by atoms with van der Waals surface area (Å²) in [5, 5.41) is 0. The number of nitrogens with zero attached hydrogens (tertiary/aromatic N) is 1. The fourth-order valence-electron chi connectivity index (χ4n) is 2.85. The highest BCUT2D eigenvalue weighted by molar-refractivity contribution is 6.01. The van der Waals surface area contributed by atoms with Gasteiger partial charge < -0.3 is 14.4 Å². The van der Waals surface area contributed by atoms with E-state index in [1.165, 1.54) is 17.0 Å². The van der Waals surface area contributed by atoms with E-state index in [4.69, 9.17) is 9.47 Å². The average Bonchev–Trinajstić information content (AvgIpc) is 3.08. The van der Waals surface area contributed by atoms with Crippen LogP contribution in [0.25, 0.3) is 0 Å². The number of carbonyl (C=O) groups excluding carboxylic acids is 3. The molecule has 140 valence electrons. The Balaban J connectivity index is 1.56. The maximum atomic E-state index is 12.9. The Labute approximate surface area is 155 Å². The van der Waals surface area contributed by atoms with Crippen molar-refractivity contribution in [1.82, 2.24) is 0 Å². The fraction of sp³-hybridized carbons (Fsp3) is 0.250.